The second-order valence-electron chi connectivity index (χ2n) is 4.91. The molecule has 0 saturated carbocycles. The molecule has 3 nitrogen and oxygen atoms in total. The zero-order valence-corrected chi connectivity index (χ0v) is 11.8. The maximum Gasteiger partial charge on any atom is 0.124 e. The molecule has 3 aromatic rings. The molecule has 0 saturated heterocycles. The van der Waals surface area contributed by atoms with Crippen LogP contribution in [0.15, 0.2) is 60.7 Å². The highest BCUT2D eigenvalue weighted by atomic mass is 16.5. The number of benzene rings is 3. The van der Waals surface area contributed by atoms with E-state index >= 15 is 0 Å². The third-order valence-corrected chi connectivity index (χ3v) is 3.52. The van der Waals surface area contributed by atoms with E-state index in [1.807, 2.05) is 30.3 Å². The molecular formula is C18H17NO2. The fourth-order valence-corrected chi connectivity index (χ4v) is 2.32. The van der Waals surface area contributed by atoms with Crippen LogP contribution in [0.25, 0.3) is 10.8 Å². The molecule has 2 N–H and O–H groups in total. The first-order chi connectivity index (χ1) is 10.3. The van der Waals surface area contributed by atoms with E-state index in [1.54, 1.807) is 13.2 Å². The molecular weight excluding hydrogens is 262 g/mol. The summed E-state index contributed by atoms with van der Waals surface area (Å²) in [6, 6.07) is 19.8. The van der Waals surface area contributed by atoms with Gasteiger partial charge in [0.2, 0.25) is 0 Å². The van der Waals surface area contributed by atoms with Crippen molar-refractivity contribution in [1.29, 1.82) is 0 Å². The van der Waals surface area contributed by atoms with Crippen molar-refractivity contribution >= 4 is 16.5 Å². The summed E-state index contributed by atoms with van der Waals surface area (Å²) in [5.74, 6) is 0.893. The molecule has 0 spiro atoms. The Labute approximate surface area is 123 Å². The maximum atomic E-state index is 9.95. The van der Waals surface area contributed by atoms with Crippen LogP contribution in [0.2, 0.25) is 0 Å². The molecule has 0 aromatic heterocycles. The highest BCUT2D eigenvalue weighted by molar-refractivity contribution is 5.85. The van der Waals surface area contributed by atoms with E-state index in [1.165, 1.54) is 10.8 Å². The average Bonchev–Trinajstić information content (AvgIpc) is 2.53. The number of aromatic hydroxyl groups is 1. The fourth-order valence-electron chi connectivity index (χ4n) is 2.32. The molecule has 3 aromatic carbocycles. The monoisotopic (exact) mass is 279 g/mol. The summed E-state index contributed by atoms with van der Waals surface area (Å²) in [6.07, 6.45) is 0. The number of fused-ring (bicyclic) bond motifs is 1. The van der Waals surface area contributed by atoms with Gasteiger partial charge in [-0.2, -0.15) is 0 Å². The molecule has 0 fully saturated rings. The lowest BCUT2D eigenvalue weighted by molar-refractivity contribution is 0.406. The van der Waals surface area contributed by atoms with Crippen LogP contribution in [0.3, 0.4) is 0 Å². The standard InChI is InChI=1S/C18H17NO2/c1-21-17-9-7-15(18(20)11-17)12-19-16-8-6-13-4-2-3-5-14(13)10-16/h2-11,19-20H,12H2,1H3. The largest absolute Gasteiger partial charge is 0.507 e. The lowest BCUT2D eigenvalue weighted by Gasteiger charge is -2.10. The van der Waals surface area contributed by atoms with Crippen LogP contribution >= 0.6 is 0 Å². The maximum absolute atomic E-state index is 9.95. The van der Waals surface area contributed by atoms with Crippen LogP contribution in [0.4, 0.5) is 5.69 Å². The van der Waals surface area contributed by atoms with Gasteiger partial charge in [-0.25, -0.2) is 0 Å². The summed E-state index contributed by atoms with van der Waals surface area (Å²) in [7, 11) is 1.59. The van der Waals surface area contributed by atoms with Crippen molar-refractivity contribution in [2.24, 2.45) is 0 Å². The summed E-state index contributed by atoms with van der Waals surface area (Å²) in [6.45, 7) is 0.564. The predicted octanol–water partition coefficient (Wildman–Crippen LogP) is 4.17. The molecule has 0 bridgehead atoms. The van der Waals surface area contributed by atoms with Crippen molar-refractivity contribution in [3.63, 3.8) is 0 Å². The van der Waals surface area contributed by atoms with Gasteiger partial charge in [-0.3, -0.25) is 0 Å². The number of rotatable bonds is 4. The Bertz CT molecular complexity index is 768. The topological polar surface area (TPSA) is 41.5 Å². The lowest BCUT2D eigenvalue weighted by Crippen LogP contribution is -1.99. The van der Waals surface area contributed by atoms with Crippen LogP contribution in [0, 0.1) is 0 Å². The number of hydrogen-bond donors (Lipinski definition) is 2. The Kier molecular flexibility index (Phi) is 3.65. The normalized spacial score (nSPS) is 10.5. The van der Waals surface area contributed by atoms with Gasteiger partial charge in [0.25, 0.3) is 0 Å². The molecule has 0 aliphatic heterocycles. The number of methoxy groups -OCH3 is 1. The minimum Gasteiger partial charge on any atom is -0.507 e. The lowest BCUT2D eigenvalue weighted by atomic mass is 10.1. The highest BCUT2D eigenvalue weighted by Crippen LogP contribution is 2.25. The van der Waals surface area contributed by atoms with Crippen LogP contribution < -0.4 is 10.1 Å². The number of phenols is 1. The first-order valence-electron chi connectivity index (χ1n) is 6.85. The Hall–Kier alpha value is -2.68. The van der Waals surface area contributed by atoms with Crippen LogP contribution in [-0.2, 0) is 6.54 Å². The van der Waals surface area contributed by atoms with Crippen molar-refractivity contribution < 1.29 is 9.84 Å². The quantitative estimate of drug-likeness (QED) is 0.753. The smallest absolute Gasteiger partial charge is 0.124 e. The number of ether oxygens (including phenoxy) is 1. The summed E-state index contributed by atoms with van der Waals surface area (Å²) in [5, 5.41) is 15.7. The summed E-state index contributed by atoms with van der Waals surface area (Å²) < 4.78 is 5.08. The van der Waals surface area contributed by atoms with Gasteiger partial charge in [0.05, 0.1) is 7.11 Å². The van der Waals surface area contributed by atoms with Crippen LogP contribution in [0.5, 0.6) is 11.5 Å². The van der Waals surface area contributed by atoms with Crippen molar-refractivity contribution in [3.8, 4) is 11.5 Å². The summed E-state index contributed by atoms with van der Waals surface area (Å²) in [5.41, 5.74) is 1.87. The van der Waals surface area contributed by atoms with E-state index < -0.39 is 0 Å². The third-order valence-electron chi connectivity index (χ3n) is 3.52. The van der Waals surface area contributed by atoms with Crippen molar-refractivity contribution in [3.05, 3.63) is 66.2 Å². The number of anilines is 1. The van der Waals surface area contributed by atoms with Crippen molar-refractivity contribution in [1.82, 2.24) is 0 Å². The number of phenolic OH excluding ortho intramolecular Hbond substituents is 1. The highest BCUT2D eigenvalue weighted by Gasteiger charge is 2.03. The SMILES string of the molecule is COc1ccc(CNc2ccc3ccccc3c2)c(O)c1. The second-order valence-corrected chi connectivity index (χ2v) is 4.91. The molecule has 3 rings (SSSR count). The Morgan fingerprint density at radius 2 is 1.76 bits per heavy atom. The first-order valence-corrected chi connectivity index (χ1v) is 6.85. The molecule has 0 amide bonds. The van der Waals surface area contributed by atoms with Gasteiger partial charge < -0.3 is 15.2 Å². The van der Waals surface area contributed by atoms with Gasteiger partial charge in [-0.05, 0) is 35.0 Å². The Morgan fingerprint density at radius 1 is 0.952 bits per heavy atom. The number of nitrogens with one attached hydrogen (secondary N) is 1. The molecule has 0 aliphatic carbocycles. The van der Waals surface area contributed by atoms with E-state index in [0.717, 1.165) is 11.3 Å². The van der Waals surface area contributed by atoms with E-state index in [2.05, 4.69) is 29.6 Å². The van der Waals surface area contributed by atoms with E-state index in [4.69, 9.17) is 4.74 Å². The predicted molar refractivity (Wildman–Crippen MR) is 85.9 cm³/mol. The molecule has 3 heteroatoms. The molecule has 0 atom stereocenters. The Balaban J connectivity index is 1.77. The van der Waals surface area contributed by atoms with E-state index in [-0.39, 0.29) is 5.75 Å². The molecule has 0 radical (unpaired) electrons. The van der Waals surface area contributed by atoms with Gasteiger partial charge >= 0.3 is 0 Å². The van der Waals surface area contributed by atoms with Gasteiger partial charge in [-0.1, -0.05) is 30.3 Å². The molecule has 0 aliphatic rings. The zero-order chi connectivity index (χ0) is 14.7. The van der Waals surface area contributed by atoms with Crippen molar-refractivity contribution in [2.75, 3.05) is 12.4 Å². The van der Waals surface area contributed by atoms with E-state index in [0.29, 0.717) is 12.3 Å². The van der Waals surface area contributed by atoms with Crippen LogP contribution in [-0.4, -0.2) is 12.2 Å². The van der Waals surface area contributed by atoms with Gasteiger partial charge in [0.15, 0.2) is 0 Å². The molecule has 106 valence electrons. The summed E-state index contributed by atoms with van der Waals surface area (Å²) >= 11 is 0. The van der Waals surface area contributed by atoms with Crippen LogP contribution in [0.1, 0.15) is 5.56 Å². The minimum absolute atomic E-state index is 0.239. The number of hydrogen-bond acceptors (Lipinski definition) is 3. The summed E-state index contributed by atoms with van der Waals surface area (Å²) in [4.78, 5) is 0. The van der Waals surface area contributed by atoms with Gasteiger partial charge in [0, 0.05) is 23.9 Å². The van der Waals surface area contributed by atoms with E-state index in [9.17, 15) is 5.11 Å². The minimum atomic E-state index is 0.239. The second kappa shape index (κ2) is 5.75. The zero-order valence-electron chi connectivity index (χ0n) is 11.8. The molecule has 0 unspecified atom stereocenters. The average molecular weight is 279 g/mol. The van der Waals surface area contributed by atoms with Gasteiger partial charge in [0.1, 0.15) is 11.5 Å². The fraction of sp³-hybridized carbons (Fsp3) is 0.111. The molecule has 0 heterocycles. The van der Waals surface area contributed by atoms with Gasteiger partial charge in [-0.15, -0.1) is 0 Å². The molecule has 21 heavy (non-hydrogen) atoms. The first kappa shape index (κ1) is 13.3. The van der Waals surface area contributed by atoms with Crippen molar-refractivity contribution in [2.45, 2.75) is 6.54 Å². The third kappa shape index (κ3) is 2.92. The Morgan fingerprint density at radius 3 is 2.52 bits per heavy atom.